The SMILES string of the molecule is C=C(/N=c1\sccn1Cc1ccccc1)c1c[nH]c2ncccc12. The lowest BCUT2D eigenvalue weighted by atomic mass is 10.2. The lowest BCUT2D eigenvalue weighted by Gasteiger charge is -2.03. The van der Waals surface area contributed by atoms with Crippen LogP contribution in [0.15, 0.2) is 78.0 Å². The highest BCUT2D eigenvalue weighted by Crippen LogP contribution is 2.22. The number of nitrogens with zero attached hydrogens (tertiary/aromatic N) is 3. The largest absolute Gasteiger partial charge is 0.345 e. The lowest BCUT2D eigenvalue weighted by molar-refractivity contribution is 0.771. The van der Waals surface area contributed by atoms with E-state index >= 15 is 0 Å². The molecule has 0 aliphatic rings. The maximum Gasteiger partial charge on any atom is 0.190 e. The normalized spacial score (nSPS) is 11.9. The van der Waals surface area contributed by atoms with Gasteiger partial charge in [-0.3, -0.25) is 0 Å². The second-order valence-corrected chi connectivity index (χ2v) is 6.33. The second kappa shape index (κ2) is 6.29. The number of aromatic amines is 1. The molecule has 5 heteroatoms. The zero-order valence-corrected chi connectivity index (χ0v) is 13.8. The minimum absolute atomic E-state index is 0.735. The molecule has 118 valence electrons. The third-order valence-corrected chi connectivity index (χ3v) is 4.64. The van der Waals surface area contributed by atoms with Gasteiger partial charge in [0.25, 0.3) is 0 Å². The number of nitrogens with one attached hydrogen (secondary N) is 1. The van der Waals surface area contributed by atoms with E-state index in [1.54, 1.807) is 17.5 Å². The Morgan fingerprint density at radius 3 is 2.96 bits per heavy atom. The molecule has 4 nitrogen and oxygen atoms in total. The van der Waals surface area contributed by atoms with Gasteiger partial charge >= 0.3 is 0 Å². The van der Waals surface area contributed by atoms with Gasteiger partial charge < -0.3 is 9.55 Å². The maximum absolute atomic E-state index is 4.75. The topological polar surface area (TPSA) is 46.0 Å². The summed E-state index contributed by atoms with van der Waals surface area (Å²) in [4.78, 5) is 13.2. The second-order valence-electron chi connectivity index (χ2n) is 5.46. The fraction of sp³-hybridized carbons (Fsp3) is 0.0526. The molecule has 0 fully saturated rings. The van der Waals surface area contributed by atoms with Gasteiger partial charge in [0.1, 0.15) is 5.65 Å². The van der Waals surface area contributed by atoms with Crippen LogP contribution in [0.1, 0.15) is 11.1 Å². The first-order valence-electron chi connectivity index (χ1n) is 7.65. The Bertz CT molecular complexity index is 1050. The van der Waals surface area contributed by atoms with Crippen LogP contribution in [0.4, 0.5) is 0 Å². The monoisotopic (exact) mass is 332 g/mol. The molecule has 1 aromatic carbocycles. The number of benzene rings is 1. The number of hydrogen-bond acceptors (Lipinski definition) is 3. The zero-order valence-electron chi connectivity index (χ0n) is 13.0. The van der Waals surface area contributed by atoms with Crippen LogP contribution in [0.25, 0.3) is 16.7 Å². The van der Waals surface area contributed by atoms with Crippen LogP contribution < -0.4 is 4.80 Å². The van der Waals surface area contributed by atoms with E-state index in [0.717, 1.165) is 33.6 Å². The van der Waals surface area contributed by atoms with Gasteiger partial charge in [-0.05, 0) is 17.7 Å². The number of aromatic nitrogens is 3. The van der Waals surface area contributed by atoms with Crippen LogP contribution >= 0.6 is 11.3 Å². The van der Waals surface area contributed by atoms with E-state index in [1.165, 1.54) is 5.56 Å². The first-order valence-corrected chi connectivity index (χ1v) is 8.53. The van der Waals surface area contributed by atoms with Crippen molar-refractivity contribution in [1.29, 1.82) is 0 Å². The van der Waals surface area contributed by atoms with Crippen LogP contribution in [0.5, 0.6) is 0 Å². The maximum atomic E-state index is 4.75. The van der Waals surface area contributed by atoms with Gasteiger partial charge in [-0.1, -0.05) is 36.9 Å². The Balaban J connectivity index is 1.69. The first kappa shape index (κ1) is 14.7. The van der Waals surface area contributed by atoms with Crippen molar-refractivity contribution in [2.24, 2.45) is 4.99 Å². The highest BCUT2D eigenvalue weighted by molar-refractivity contribution is 7.07. The van der Waals surface area contributed by atoms with Crippen molar-refractivity contribution >= 4 is 28.1 Å². The van der Waals surface area contributed by atoms with Gasteiger partial charge in [0.15, 0.2) is 4.80 Å². The van der Waals surface area contributed by atoms with Crippen molar-refractivity contribution in [1.82, 2.24) is 14.5 Å². The van der Waals surface area contributed by atoms with Crippen molar-refractivity contribution < 1.29 is 0 Å². The van der Waals surface area contributed by atoms with E-state index in [9.17, 15) is 0 Å². The molecule has 0 amide bonds. The third kappa shape index (κ3) is 2.81. The molecule has 4 aromatic rings. The standard InChI is InChI=1S/C19H16N4S/c1-14(17-12-21-18-16(17)8-5-9-20-18)22-19-23(10-11-24-19)13-15-6-3-2-4-7-15/h2-12H,1,13H2,(H,20,21)/b22-19-. The minimum atomic E-state index is 0.735. The smallest absolute Gasteiger partial charge is 0.190 e. The van der Waals surface area contributed by atoms with Gasteiger partial charge in [-0.25, -0.2) is 9.98 Å². The molecule has 0 unspecified atom stereocenters. The van der Waals surface area contributed by atoms with E-state index in [-0.39, 0.29) is 0 Å². The summed E-state index contributed by atoms with van der Waals surface area (Å²) in [6.07, 6.45) is 5.74. The van der Waals surface area contributed by atoms with Crippen LogP contribution in [0, 0.1) is 0 Å². The fourth-order valence-electron chi connectivity index (χ4n) is 2.66. The molecule has 3 heterocycles. The average molecular weight is 332 g/mol. The highest BCUT2D eigenvalue weighted by atomic mass is 32.1. The minimum Gasteiger partial charge on any atom is -0.345 e. The molecular weight excluding hydrogens is 316 g/mol. The van der Waals surface area contributed by atoms with Crippen LogP contribution in [-0.4, -0.2) is 14.5 Å². The Kier molecular flexibility index (Phi) is 3.84. The molecule has 1 N–H and O–H groups in total. The van der Waals surface area contributed by atoms with E-state index < -0.39 is 0 Å². The predicted molar refractivity (Wildman–Crippen MR) is 98.5 cm³/mol. The molecule has 24 heavy (non-hydrogen) atoms. The fourth-order valence-corrected chi connectivity index (χ4v) is 3.41. The molecule has 4 rings (SSSR count). The van der Waals surface area contributed by atoms with Gasteiger partial charge in [0, 0.05) is 41.5 Å². The summed E-state index contributed by atoms with van der Waals surface area (Å²) < 4.78 is 2.14. The zero-order chi connectivity index (χ0) is 16.4. The number of hydrogen-bond donors (Lipinski definition) is 1. The Labute approximate surface area is 143 Å². The number of rotatable bonds is 4. The van der Waals surface area contributed by atoms with Crippen LogP contribution in [-0.2, 0) is 6.54 Å². The third-order valence-electron chi connectivity index (χ3n) is 3.85. The summed E-state index contributed by atoms with van der Waals surface area (Å²) in [6.45, 7) is 4.95. The highest BCUT2D eigenvalue weighted by Gasteiger charge is 2.07. The number of fused-ring (bicyclic) bond motifs is 1. The van der Waals surface area contributed by atoms with Crippen molar-refractivity contribution in [3.8, 4) is 0 Å². The molecule has 3 aromatic heterocycles. The van der Waals surface area contributed by atoms with E-state index in [2.05, 4.69) is 51.6 Å². The van der Waals surface area contributed by atoms with E-state index in [4.69, 9.17) is 4.99 Å². The summed E-state index contributed by atoms with van der Waals surface area (Å²) >= 11 is 1.61. The lowest BCUT2D eigenvalue weighted by Crippen LogP contribution is -2.14. The van der Waals surface area contributed by atoms with Crippen LogP contribution in [0.3, 0.4) is 0 Å². The molecule has 0 aliphatic carbocycles. The molecule has 0 saturated carbocycles. The van der Waals surface area contributed by atoms with E-state index in [0.29, 0.717) is 0 Å². The van der Waals surface area contributed by atoms with Gasteiger partial charge in [-0.15, -0.1) is 11.3 Å². The van der Waals surface area contributed by atoms with Gasteiger partial charge in [0.05, 0.1) is 5.70 Å². The van der Waals surface area contributed by atoms with Gasteiger partial charge in [0.2, 0.25) is 0 Å². The summed E-state index contributed by atoms with van der Waals surface area (Å²) in [5.74, 6) is 0. The Morgan fingerprint density at radius 2 is 2.08 bits per heavy atom. The van der Waals surface area contributed by atoms with Crippen molar-refractivity contribution in [2.45, 2.75) is 6.54 Å². The quantitative estimate of drug-likeness (QED) is 0.602. The van der Waals surface area contributed by atoms with Crippen molar-refractivity contribution in [2.75, 3.05) is 0 Å². The summed E-state index contributed by atoms with van der Waals surface area (Å²) in [5, 5.41) is 3.09. The summed E-state index contributed by atoms with van der Waals surface area (Å²) in [5.41, 5.74) is 3.82. The van der Waals surface area contributed by atoms with Crippen molar-refractivity contribution in [3.05, 3.63) is 88.9 Å². The van der Waals surface area contributed by atoms with Crippen LogP contribution in [0.2, 0.25) is 0 Å². The molecular formula is C19H16N4S. The van der Waals surface area contributed by atoms with Crippen molar-refractivity contribution in [3.63, 3.8) is 0 Å². The summed E-state index contributed by atoms with van der Waals surface area (Å²) in [6, 6.07) is 14.3. The molecule has 0 radical (unpaired) electrons. The Morgan fingerprint density at radius 1 is 1.21 bits per heavy atom. The summed E-state index contributed by atoms with van der Waals surface area (Å²) in [7, 11) is 0. The average Bonchev–Trinajstić information content (AvgIpc) is 3.23. The molecule has 0 aliphatic heterocycles. The molecule has 0 spiro atoms. The predicted octanol–water partition coefficient (Wildman–Crippen LogP) is 4.05. The number of pyridine rings is 1. The number of H-pyrrole nitrogens is 1. The first-order chi connectivity index (χ1) is 11.8. The molecule has 0 saturated heterocycles. The van der Waals surface area contributed by atoms with Gasteiger partial charge in [-0.2, -0.15) is 0 Å². The number of thiazole rings is 1. The molecule has 0 atom stereocenters. The Hall–Kier alpha value is -2.92. The van der Waals surface area contributed by atoms with E-state index in [1.807, 2.05) is 29.8 Å². The molecule has 0 bridgehead atoms.